The maximum Gasteiger partial charge on any atom is 0.251 e. The summed E-state index contributed by atoms with van der Waals surface area (Å²) in [5, 5.41) is 3.10. The third kappa shape index (κ3) is 3.55. The first-order chi connectivity index (χ1) is 12.0. The molecule has 4 rings (SSSR count). The molecule has 1 atom stereocenters. The molecule has 0 spiro atoms. The van der Waals surface area contributed by atoms with E-state index in [1.807, 2.05) is 12.1 Å². The number of H-pyrrole nitrogens is 1. The van der Waals surface area contributed by atoms with Crippen LogP contribution in [0, 0.1) is 0 Å². The molecule has 0 saturated carbocycles. The molecule has 3 heterocycles. The van der Waals surface area contributed by atoms with Crippen molar-refractivity contribution in [1.29, 1.82) is 0 Å². The van der Waals surface area contributed by atoms with E-state index in [1.165, 1.54) is 0 Å². The number of imidazole rings is 1. The van der Waals surface area contributed by atoms with Gasteiger partial charge in [0.15, 0.2) is 9.84 Å². The van der Waals surface area contributed by atoms with Crippen molar-refractivity contribution in [2.24, 2.45) is 0 Å². The number of amides is 1. The molecule has 8 heteroatoms. The van der Waals surface area contributed by atoms with Crippen LogP contribution in [0.4, 0.5) is 0 Å². The maximum atomic E-state index is 12.5. The average Bonchev–Trinajstić information content (AvgIpc) is 3.20. The van der Waals surface area contributed by atoms with E-state index in [1.54, 1.807) is 12.4 Å². The Kier molecular flexibility index (Phi) is 4.24. The first-order valence-corrected chi connectivity index (χ1v) is 10.5. The van der Waals surface area contributed by atoms with E-state index in [0.717, 1.165) is 43.4 Å². The van der Waals surface area contributed by atoms with Crippen molar-refractivity contribution < 1.29 is 13.2 Å². The van der Waals surface area contributed by atoms with Crippen LogP contribution in [-0.2, 0) is 9.84 Å². The lowest BCUT2D eigenvalue weighted by Gasteiger charge is -2.35. The summed E-state index contributed by atoms with van der Waals surface area (Å²) in [4.78, 5) is 21.9. The van der Waals surface area contributed by atoms with Crippen molar-refractivity contribution >= 4 is 26.8 Å². The first kappa shape index (κ1) is 16.5. The molecular weight excluding hydrogens is 340 g/mol. The second-order valence-electron chi connectivity index (χ2n) is 6.98. The minimum Gasteiger partial charge on any atom is -0.349 e. The zero-order valence-electron chi connectivity index (χ0n) is 13.9. The van der Waals surface area contributed by atoms with E-state index >= 15 is 0 Å². The zero-order valence-corrected chi connectivity index (χ0v) is 14.8. The van der Waals surface area contributed by atoms with E-state index in [2.05, 4.69) is 20.2 Å². The van der Waals surface area contributed by atoms with Gasteiger partial charge in [0.05, 0.1) is 28.9 Å². The van der Waals surface area contributed by atoms with Crippen LogP contribution >= 0.6 is 0 Å². The number of nitrogens with zero attached hydrogens (tertiary/aromatic N) is 2. The molecule has 2 saturated heterocycles. The third-order valence-corrected chi connectivity index (χ3v) is 7.02. The highest BCUT2D eigenvalue weighted by Gasteiger charge is 2.34. The van der Waals surface area contributed by atoms with Gasteiger partial charge >= 0.3 is 0 Å². The van der Waals surface area contributed by atoms with Crippen LogP contribution in [0.2, 0.25) is 0 Å². The summed E-state index contributed by atoms with van der Waals surface area (Å²) in [7, 11) is -2.85. The van der Waals surface area contributed by atoms with Crippen molar-refractivity contribution in [3.05, 3.63) is 30.1 Å². The number of aromatic nitrogens is 2. The van der Waals surface area contributed by atoms with E-state index in [0.29, 0.717) is 11.3 Å². The summed E-state index contributed by atoms with van der Waals surface area (Å²) in [6, 6.07) is 5.74. The number of carbonyl (C=O) groups excluding carboxylic acids is 1. The van der Waals surface area contributed by atoms with E-state index in [4.69, 9.17) is 0 Å². The number of hydrogen-bond donors (Lipinski definition) is 2. The number of hydrogen-bond acceptors (Lipinski definition) is 5. The molecular formula is C17H22N4O3S. The number of benzene rings is 1. The van der Waals surface area contributed by atoms with Gasteiger partial charge in [0.1, 0.15) is 0 Å². The number of piperidine rings is 1. The molecule has 1 aromatic carbocycles. The largest absolute Gasteiger partial charge is 0.349 e. The first-order valence-electron chi connectivity index (χ1n) is 8.69. The molecule has 2 fully saturated rings. The van der Waals surface area contributed by atoms with Crippen LogP contribution in [0.1, 0.15) is 29.6 Å². The number of fused-ring (bicyclic) bond motifs is 1. The molecule has 1 amide bonds. The Labute approximate surface area is 146 Å². The lowest BCUT2D eigenvalue weighted by Crippen LogP contribution is -2.48. The molecule has 7 nitrogen and oxygen atoms in total. The summed E-state index contributed by atoms with van der Waals surface area (Å²) in [6.45, 7) is 1.68. The number of rotatable bonds is 3. The highest BCUT2D eigenvalue weighted by molar-refractivity contribution is 7.91. The van der Waals surface area contributed by atoms with Gasteiger partial charge in [-0.25, -0.2) is 13.4 Å². The minimum absolute atomic E-state index is 0.0709. The Hall–Kier alpha value is -1.93. The van der Waals surface area contributed by atoms with Crippen LogP contribution in [0.3, 0.4) is 0 Å². The summed E-state index contributed by atoms with van der Waals surface area (Å²) in [5.41, 5.74) is 2.32. The van der Waals surface area contributed by atoms with Crippen molar-refractivity contribution in [2.75, 3.05) is 24.6 Å². The van der Waals surface area contributed by atoms with Gasteiger partial charge in [0.25, 0.3) is 5.91 Å². The topological polar surface area (TPSA) is 95.2 Å². The number of nitrogens with one attached hydrogen (secondary N) is 2. The van der Waals surface area contributed by atoms with Crippen LogP contribution in [0.25, 0.3) is 11.0 Å². The molecule has 0 aliphatic carbocycles. The average molecular weight is 362 g/mol. The van der Waals surface area contributed by atoms with E-state index < -0.39 is 9.84 Å². The second kappa shape index (κ2) is 6.42. The zero-order chi connectivity index (χ0) is 17.4. The normalized spacial score (nSPS) is 24.6. The highest BCUT2D eigenvalue weighted by Crippen LogP contribution is 2.22. The molecule has 2 aliphatic rings. The molecule has 2 aliphatic heterocycles. The molecule has 0 radical (unpaired) electrons. The van der Waals surface area contributed by atoms with Crippen molar-refractivity contribution in [2.45, 2.75) is 31.3 Å². The Morgan fingerprint density at radius 2 is 2.04 bits per heavy atom. The number of aromatic amines is 1. The summed E-state index contributed by atoms with van der Waals surface area (Å²) in [6.07, 6.45) is 4.07. The molecule has 0 bridgehead atoms. The van der Waals surface area contributed by atoms with E-state index in [9.17, 15) is 13.2 Å². The van der Waals surface area contributed by atoms with Gasteiger partial charge in [-0.1, -0.05) is 0 Å². The number of sulfone groups is 1. The Morgan fingerprint density at radius 3 is 2.76 bits per heavy atom. The van der Waals surface area contributed by atoms with Crippen LogP contribution in [-0.4, -0.2) is 65.9 Å². The lowest BCUT2D eigenvalue weighted by molar-refractivity contribution is 0.0898. The van der Waals surface area contributed by atoms with Gasteiger partial charge in [-0.2, -0.15) is 0 Å². The smallest absolute Gasteiger partial charge is 0.251 e. The fourth-order valence-corrected chi connectivity index (χ4v) is 5.58. The Morgan fingerprint density at radius 1 is 1.24 bits per heavy atom. The van der Waals surface area contributed by atoms with Gasteiger partial charge in [-0.3, -0.25) is 9.69 Å². The minimum atomic E-state index is -2.85. The predicted octanol–water partition coefficient (Wildman–Crippen LogP) is 0.944. The number of carbonyl (C=O) groups is 1. The fourth-order valence-electron chi connectivity index (χ4n) is 3.82. The standard InChI is InChI=1S/C17H22N4O3S/c22-17(12-1-2-15-16(9-12)19-11-18-15)20-13-3-6-21(7-4-13)14-5-8-25(23,24)10-14/h1-2,9,11,13-14H,3-8,10H2,(H,18,19)(H,20,22). The van der Waals surface area contributed by atoms with Crippen LogP contribution in [0.5, 0.6) is 0 Å². The van der Waals surface area contributed by atoms with Crippen LogP contribution in [0.15, 0.2) is 24.5 Å². The van der Waals surface area contributed by atoms with Crippen LogP contribution < -0.4 is 5.32 Å². The quantitative estimate of drug-likeness (QED) is 0.847. The molecule has 134 valence electrons. The predicted molar refractivity (Wildman–Crippen MR) is 95.2 cm³/mol. The molecule has 2 N–H and O–H groups in total. The molecule has 1 aromatic heterocycles. The SMILES string of the molecule is O=C(NC1CCN(C2CCS(=O)(=O)C2)CC1)c1ccc2nc[nH]c2c1. The van der Waals surface area contributed by atoms with Gasteiger partial charge in [0, 0.05) is 30.7 Å². The van der Waals surface area contributed by atoms with Gasteiger partial charge in [-0.15, -0.1) is 0 Å². The van der Waals surface area contributed by atoms with Gasteiger partial charge < -0.3 is 10.3 Å². The highest BCUT2D eigenvalue weighted by atomic mass is 32.2. The Balaban J connectivity index is 1.33. The number of likely N-dealkylation sites (tertiary alicyclic amines) is 1. The monoisotopic (exact) mass is 362 g/mol. The molecule has 25 heavy (non-hydrogen) atoms. The molecule has 2 aromatic rings. The molecule has 1 unspecified atom stereocenters. The van der Waals surface area contributed by atoms with Gasteiger partial charge in [0.2, 0.25) is 0 Å². The van der Waals surface area contributed by atoms with Crippen molar-refractivity contribution in [3.63, 3.8) is 0 Å². The van der Waals surface area contributed by atoms with Gasteiger partial charge in [-0.05, 0) is 37.5 Å². The summed E-state index contributed by atoms with van der Waals surface area (Å²) < 4.78 is 23.3. The summed E-state index contributed by atoms with van der Waals surface area (Å²) >= 11 is 0. The Bertz CT molecular complexity index is 884. The van der Waals surface area contributed by atoms with E-state index in [-0.39, 0.29) is 23.7 Å². The fraction of sp³-hybridized carbons (Fsp3) is 0.529. The third-order valence-electron chi connectivity index (χ3n) is 5.27. The lowest BCUT2D eigenvalue weighted by atomic mass is 10.0. The maximum absolute atomic E-state index is 12.5. The van der Waals surface area contributed by atoms with Crippen molar-refractivity contribution in [3.8, 4) is 0 Å². The van der Waals surface area contributed by atoms with Crippen molar-refractivity contribution in [1.82, 2.24) is 20.2 Å². The summed E-state index contributed by atoms with van der Waals surface area (Å²) in [5.74, 6) is 0.525. The second-order valence-corrected chi connectivity index (χ2v) is 9.20.